The third-order valence-corrected chi connectivity index (χ3v) is 5.51. The summed E-state index contributed by atoms with van der Waals surface area (Å²) in [6.07, 6.45) is 15.1. The summed E-state index contributed by atoms with van der Waals surface area (Å²) in [5.41, 5.74) is 2.75. The molecule has 0 aromatic carbocycles. The van der Waals surface area contributed by atoms with Gasteiger partial charge in [0, 0.05) is 12.3 Å². The monoisotopic (exact) mass is 380 g/mol. The average Bonchev–Trinajstić information content (AvgIpc) is 2.91. The van der Waals surface area contributed by atoms with Gasteiger partial charge in [-0.1, -0.05) is 75.7 Å². The summed E-state index contributed by atoms with van der Waals surface area (Å²) in [5.74, 6) is -0.684. The maximum absolute atomic E-state index is 10.6. The van der Waals surface area contributed by atoms with Crippen molar-refractivity contribution in [1.29, 1.82) is 0 Å². The normalized spacial score (nSPS) is 21.3. The molecule has 27 heavy (non-hydrogen) atoms. The highest BCUT2D eigenvalue weighted by atomic mass is 16.4. The van der Waals surface area contributed by atoms with E-state index < -0.39 is 12.1 Å². The Labute approximate surface area is 165 Å². The summed E-state index contributed by atoms with van der Waals surface area (Å²) in [7, 11) is 0. The molecule has 0 aromatic rings. The fourth-order valence-electron chi connectivity index (χ4n) is 4.02. The topological polar surface area (TPSA) is 77.8 Å². The number of carboxylic acid groups (broad SMARTS) is 1. The number of aliphatic carboxylic acids is 1. The summed E-state index contributed by atoms with van der Waals surface area (Å²) in [6.45, 7) is 4.33. The molecule has 0 amide bonds. The number of aliphatic hydroxyl groups is 2. The molecular weight excluding hydrogens is 340 g/mol. The van der Waals surface area contributed by atoms with Crippen LogP contribution in [-0.4, -0.2) is 33.5 Å². The third-order valence-electron chi connectivity index (χ3n) is 5.51. The lowest BCUT2D eigenvalue weighted by molar-refractivity contribution is -0.137. The quantitative estimate of drug-likeness (QED) is 0.263. The maximum atomic E-state index is 10.6. The van der Waals surface area contributed by atoms with Crippen molar-refractivity contribution in [1.82, 2.24) is 0 Å². The first-order chi connectivity index (χ1) is 13.0. The number of aliphatic hydroxyl groups excluding tert-OH is 2. The van der Waals surface area contributed by atoms with Gasteiger partial charge in [-0.05, 0) is 38.5 Å². The predicted molar refractivity (Wildman–Crippen MR) is 111 cm³/mol. The third kappa shape index (κ3) is 9.57. The zero-order valence-corrected chi connectivity index (χ0v) is 17.3. The van der Waals surface area contributed by atoms with Crippen LogP contribution in [0.15, 0.2) is 23.3 Å². The van der Waals surface area contributed by atoms with Crippen LogP contribution in [0.4, 0.5) is 0 Å². The molecule has 4 heteroatoms. The van der Waals surface area contributed by atoms with Gasteiger partial charge in [0.15, 0.2) is 0 Å². The Kier molecular flexibility index (Phi) is 12.4. The molecule has 1 aliphatic carbocycles. The maximum Gasteiger partial charge on any atom is 0.303 e. The lowest BCUT2D eigenvalue weighted by Crippen LogP contribution is -2.15. The molecule has 4 nitrogen and oxygen atoms in total. The number of hydrogen-bond donors (Lipinski definition) is 3. The number of unbranched alkanes of at least 4 members (excludes halogenated alkanes) is 5. The van der Waals surface area contributed by atoms with Crippen LogP contribution in [0.2, 0.25) is 0 Å². The van der Waals surface area contributed by atoms with E-state index in [1.807, 2.05) is 12.2 Å². The molecule has 0 saturated carbocycles. The highest BCUT2D eigenvalue weighted by Gasteiger charge is 2.30. The van der Waals surface area contributed by atoms with Gasteiger partial charge < -0.3 is 15.3 Å². The van der Waals surface area contributed by atoms with Crippen LogP contribution in [0.25, 0.3) is 0 Å². The largest absolute Gasteiger partial charge is 0.481 e. The Morgan fingerprint density at radius 1 is 1.07 bits per heavy atom. The van der Waals surface area contributed by atoms with Crippen LogP contribution in [0, 0.1) is 5.92 Å². The van der Waals surface area contributed by atoms with Crippen LogP contribution in [0.5, 0.6) is 0 Å². The highest BCUT2D eigenvalue weighted by molar-refractivity contribution is 5.66. The van der Waals surface area contributed by atoms with Gasteiger partial charge in [-0.25, -0.2) is 0 Å². The minimum Gasteiger partial charge on any atom is -0.481 e. The molecule has 0 unspecified atom stereocenters. The minimum absolute atomic E-state index is 0.0337. The summed E-state index contributed by atoms with van der Waals surface area (Å²) < 4.78 is 0. The number of carbonyl (C=O) groups is 1. The van der Waals surface area contributed by atoms with E-state index in [1.54, 1.807) is 0 Å². The van der Waals surface area contributed by atoms with E-state index in [1.165, 1.54) is 11.1 Å². The standard InChI is InChI=1S/C23H40O4/c1-3-5-8-12-19(24)15-16-21-20(18(11-4-2)17-22(21)25)13-9-6-7-10-14-23(26)27/h15-16,19,21-22,24-25H,3-14,17H2,1-2H3,(H,26,27)/b16-15+/t19-,21+,22+/m0/s1. The van der Waals surface area contributed by atoms with Gasteiger partial charge in [0.05, 0.1) is 12.2 Å². The van der Waals surface area contributed by atoms with Gasteiger partial charge in [-0.3, -0.25) is 4.79 Å². The smallest absolute Gasteiger partial charge is 0.303 e. The number of rotatable bonds is 15. The summed E-state index contributed by atoms with van der Waals surface area (Å²) >= 11 is 0. The number of hydrogen-bond acceptors (Lipinski definition) is 3. The van der Waals surface area contributed by atoms with E-state index in [2.05, 4.69) is 13.8 Å². The molecule has 1 aliphatic rings. The van der Waals surface area contributed by atoms with Crippen LogP contribution in [0.3, 0.4) is 0 Å². The van der Waals surface area contributed by atoms with Gasteiger partial charge >= 0.3 is 5.97 Å². The van der Waals surface area contributed by atoms with E-state index >= 15 is 0 Å². The molecule has 0 fully saturated rings. The molecule has 3 atom stereocenters. The van der Waals surface area contributed by atoms with Crippen molar-refractivity contribution in [2.45, 2.75) is 110 Å². The second kappa shape index (κ2) is 14.0. The average molecular weight is 381 g/mol. The second-order valence-electron chi connectivity index (χ2n) is 7.93. The molecule has 0 aliphatic heterocycles. The zero-order chi connectivity index (χ0) is 20.1. The first-order valence-electron chi connectivity index (χ1n) is 11.0. The van der Waals surface area contributed by atoms with Crippen LogP contribution >= 0.6 is 0 Å². The Bertz CT molecular complexity index is 481. The Hall–Kier alpha value is -1.13. The molecule has 3 N–H and O–H groups in total. The Morgan fingerprint density at radius 2 is 1.81 bits per heavy atom. The van der Waals surface area contributed by atoms with Crippen molar-refractivity contribution in [3.8, 4) is 0 Å². The van der Waals surface area contributed by atoms with Gasteiger partial charge in [-0.15, -0.1) is 0 Å². The first kappa shape index (κ1) is 23.9. The predicted octanol–water partition coefficient (Wildman–Crippen LogP) is 5.39. The van der Waals surface area contributed by atoms with Crippen molar-refractivity contribution in [2.75, 3.05) is 0 Å². The van der Waals surface area contributed by atoms with Crippen molar-refractivity contribution in [2.24, 2.45) is 5.92 Å². The van der Waals surface area contributed by atoms with Gasteiger partial charge in [0.25, 0.3) is 0 Å². The number of carboxylic acids is 1. The second-order valence-corrected chi connectivity index (χ2v) is 7.93. The fourth-order valence-corrected chi connectivity index (χ4v) is 4.02. The molecule has 0 radical (unpaired) electrons. The van der Waals surface area contributed by atoms with E-state index in [0.29, 0.717) is 0 Å². The van der Waals surface area contributed by atoms with Crippen LogP contribution < -0.4 is 0 Å². The van der Waals surface area contributed by atoms with Crippen molar-refractivity contribution >= 4 is 5.97 Å². The Balaban J connectivity index is 2.58. The summed E-state index contributed by atoms with van der Waals surface area (Å²) in [5, 5.41) is 29.4. The van der Waals surface area contributed by atoms with E-state index in [9.17, 15) is 15.0 Å². The van der Waals surface area contributed by atoms with Gasteiger partial charge in [0.1, 0.15) is 0 Å². The van der Waals surface area contributed by atoms with Gasteiger partial charge in [-0.2, -0.15) is 0 Å². The van der Waals surface area contributed by atoms with Crippen molar-refractivity contribution in [3.05, 3.63) is 23.3 Å². The molecule has 0 bridgehead atoms. The Morgan fingerprint density at radius 3 is 2.48 bits per heavy atom. The molecule has 0 heterocycles. The summed E-state index contributed by atoms with van der Waals surface area (Å²) in [4.78, 5) is 10.6. The lowest BCUT2D eigenvalue weighted by atomic mass is 9.92. The molecule has 156 valence electrons. The van der Waals surface area contributed by atoms with E-state index in [4.69, 9.17) is 5.11 Å². The van der Waals surface area contributed by atoms with Gasteiger partial charge in [0.2, 0.25) is 0 Å². The highest BCUT2D eigenvalue weighted by Crippen LogP contribution is 2.38. The zero-order valence-electron chi connectivity index (χ0n) is 17.3. The van der Waals surface area contributed by atoms with E-state index in [-0.39, 0.29) is 18.4 Å². The molecular formula is C23H40O4. The molecule has 1 rings (SSSR count). The van der Waals surface area contributed by atoms with Crippen molar-refractivity contribution < 1.29 is 20.1 Å². The molecule has 0 saturated heterocycles. The minimum atomic E-state index is -0.718. The van der Waals surface area contributed by atoms with Crippen LogP contribution in [-0.2, 0) is 4.79 Å². The molecule has 0 spiro atoms. The molecule has 0 aromatic heterocycles. The lowest BCUT2D eigenvalue weighted by Gasteiger charge is -2.16. The van der Waals surface area contributed by atoms with E-state index in [0.717, 1.165) is 77.0 Å². The fraction of sp³-hybridized carbons (Fsp3) is 0.783. The SMILES string of the molecule is CCCCC[C@H](O)/C=C/[C@@H]1C(CCCCCCC(=O)O)=C(CCC)C[C@H]1O. The first-order valence-corrected chi connectivity index (χ1v) is 11.0. The van der Waals surface area contributed by atoms with Crippen molar-refractivity contribution in [3.63, 3.8) is 0 Å². The summed E-state index contributed by atoms with van der Waals surface area (Å²) in [6, 6.07) is 0. The van der Waals surface area contributed by atoms with Crippen LogP contribution in [0.1, 0.15) is 97.3 Å².